The first-order valence-corrected chi connectivity index (χ1v) is 14.9. The van der Waals surface area contributed by atoms with Crippen molar-refractivity contribution in [3.63, 3.8) is 0 Å². The number of thiophene rings is 1. The van der Waals surface area contributed by atoms with Gasteiger partial charge in [-0.2, -0.15) is 0 Å². The molecule has 0 aliphatic rings. The molecule has 1 amide bonds. The highest BCUT2D eigenvalue weighted by atomic mass is 35.5. The highest BCUT2D eigenvalue weighted by molar-refractivity contribution is 7.19. The van der Waals surface area contributed by atoms with Gasteiger partial charge in [-0.05, 0) is 61.0 Å². The minimum absolute atomic E-state index is 0.175. The van der Waals surface area contributed by atoms with Crippen LogP contribution in [0.1, 0.15) is 64.1 Å². The molecular formula is C31H37ClFN5OS. The minimum Gasteiger partial charge on any atom is -0.352 e. The van der Waals surface area contributed by atoms with Crippen LogP contribution in [0.25, 0.3) is 32.9 Å². The number of H-pyrrole nitrogens is 1. The molecule has 0 spiro atoms. The van der Waals surface area contributed by atoms with Crippen LogP contribution in [0, 0.1) is 5.82 Å². The Bertz CT molecular complexity index is 1450. The zero-order valence-electron chi connectivity index (χ0n) is 23.9. The second-order valence-electron chi connectivity index (χ2n) is 7.63. The van der Waals surface area contributed by atoms with E-state index in [1.165, 1.54) is 23.5 Å². The van der Waals surface area contributed by atoms with E-state index in [9.17, 15) is 9.18 Å². The number of hydrogen-bond acceptors (Lipinski definition) is 5. The number of aromatic amines is 1. The number of rotatable bonds is 7. The molecule has 6 nitrogen and oxygen atoms in total. The highest BCUT2D eigenvalue weighted by Crippen LogP contribution is 2.36. The maximum absolute atomic E-state index is 13.5. The van der Waals surface area contributed by atoms with Crippen LogP contribution in [0.4, 0.5) is 4.39 Å². The Morgan fingerprint density at radius 1 is 0.925 bits per heavy atom. The molecule has 0 aliphatic heterocycles. The predicted octanol–water partition coefficient (Wildman–Crippen LogP) is 8.98. The number of hydrogen-bond donors (Lipinski definition) is 2. The molecule has 0 fully saturated rings. The molecule has 5 rings (SSSR count). The molecule has 3 heterocycles. The fraction of sp³-hybridized carbons (Fsp3) is 0.290. The van der Waals surface area contributed by atoms with Crippen LogP contribution in [-0.2, 0) is 6.42 Å². The number of carbonyl (C=O) groups excluding carboxylic acids is 1. The monoisotopic (exact) mass is 581 g/mol. The fourth-order valence-corrected chi connectivity index (χ4v) is 4.65. The maximum atomic E-state index is 13.5. The van der Waals surface area contributed by atoms with Gasteiger partial charge in [0.25, 0.3) is 5.91 Å². The molecule has 9 heteroatoms. The molecule has 0 aliphatic carbocycles. The van der Waals surface area contributed by atoms with Crippen LogP contribution in [0.2, 0.25) is 4.34 Å². The number of amides is 1. The number of nitrogens with one attached hydrogen (secondary N) is 2. The average molecular weight is 582 g/mol. The lowest BCUT2D eigenvalue weighted by Gasteiger charge is -2.10. The van der Waals surface area contributed by atoms with Gasteiger partial charge in [0.15, 0.2) is 0 Å². The summed E-state index contributed by atoms with van der Waals surface area (Å²) in [7, 11) is 0. The summed E-state index contributed by atoms with van der Waals surface area (Å²) in [5.74, 6) is 0.401. The maximum Gasteiger partial charge on any atom is 0.251 e. The molecular weight excluding hydrogens is 545 g/mol. The Balaban J connectivity index is 0.000000876. The summed E-state index contributed by atoms with van der Waals surface area (Å²) in [6.07, 6.45) is 5.03. The number of carbonyl (C=O) groups is 1. The molecule has 212 valence electrons. The van der Waals surface area contributed by atoms with Crippen LogP contribution < -0.4 is 5.32 Å². The van der Waals surface area contributed by atoms with Crippen LogP contribution >= 0.6 is 22.9 Å². The molecule has 2 N–H and O–H groups in total. The molecule has 3 aromatic heterocycles. The van der Waals surface area contributed by atoms with E-state index < -0.39 is 0 Å². The van der Waals surface area contributed by atoms with E-state index in [-0.39, 0.29) is 11.7 Å². The van der Waals surface area contributed by atoms with Gasteiger partial charge in [-0.25, -0.2) is 19.3 Å². The van der Waals surface area contributed by atoms with E-state index in [4.69, 9.17) is 21.6 Å². The van der Waals surface area contributed by atoms with E-state index in [0.717, 1.165) is 29.1 Å². The van der Waals surface area contributed by atoms with Crippen molar-refractivity contribution in [2.75, 3.05) is 6.54 Å². The van der Waals surface area contributed by atoms with Gasteiger partial charge >= 0.3 is 0 Å². The summed E-state index contributed by atoms with van der Waals surface area (Å²) in [4.78, 5) is 30.4. The van der Waals surface area contributed by atoms with Gasteiger partial charge in [-0.3, -0.25) is 4.79 Å². The first kappa shape index (κ1) is 32.6. The van der Waals surface area contributed by atoms with E-state index in [2.05, 4.69) is 15.3 Å². The Labute approximate surface area is 245 Å². The topological polar surface area (TPSA) is 83.6 Å². The highest BCUT2D eigenvalue weighted by Gasteiger charge is 2.16. The predicted molar refractivity (Wildman–Crippen MR) is 167 cm³/mol. The van der Waals surface area contributed by atoms with Crippen molar-refractivity contribution < 1.29 is 9.18 Å². The van der Waals surface area contributed by atoms with E-state index in [1.807, 2.05) is 47.6 Å². The van der Waals surface area contributed by atoms with Crippen molar-refractivity contribution in [3.05, 3.63) is 88.5 Å². The number of halogens is 2. The number of aryl methyl sites for hydroxylation is 1. The first-order chi connectivity index (χ1) is 19.6. The Morgan fingerprint density at radius 2 is 1.62 bits per heavy atom. The summed E-state index contributed by atoms with van der Waals surface area (Å²) in [6.45, 7) is 12.5. The third kappa shape index (κ3) is 8.69. The van der Waals surface area contributed by atoms with Crippen molar-refractivity contribution >= 4 is 39.9 Å². The second-order valence-corrected chi connectivity index (χ2v) is 9.35. The van der Waals surface area contributed by atoms with Crippen LogP contribution in [0.5, 0.6) is 0 Å². The molecule has 0 saturated carbocycles. The van der Waals surface area contributed by atoms with Gasteiger partial charge in [0.05, 0.1) is 25.9 Å². The van der Waals surface area contributed by atoms with Crippen LogP contribution in [-0.4, -0.2) is 32.4 Å². The zero-order chi connectivity index (χ0) is 29.5. The van der Waals surface area contributed by atoms with Crippen LogP contribution in [0.15, 0.2) is 67.0 Å². The smallest absolute Gasteiger partial charge is 0.251 e. The largest absolute Gasteiger partial charge is 0.352 e. The molecule has 0 atom stereocenters. The van der Waals surface area contributed by atoms with E-state index in [0.29, 0.717) is 38.9 Å². The standard InChI is InChI=1S/C25H19ClFN5OS.3C2H6/c26-21-10-9-20(34-21)24-23(15-3-6-17(27)7-4-15)31-18-8-5-16(14-19(18)32-24)25(33)30-11-1-2-22-28-12-13-29-22;3*1-2/h3-10,12-14H,1-2,11H2,(H,28,29)(H,30,33);3*1-2H3. The van der Waals surface area contributed by atoms with Crippen LogP contribution in [0.3, 0.4) is 0 Å². The van der Waals surface area contributed by atoms with E-state index >= 15 is 0 Å². The van der Waals surface area contributed by atoms with Gasteiger partial charge < -0.3 is 10.3 Å². The minimum atomic E-state index is -0.321. The molecule has 5 aromatic rings. The number of imidazole rings is 1. The first-order valence-electron chi connectivity index (χ1n) is 13.7. The van der Waals surface area contributed by atoms with Crippen molar-refractivity contribution in [3.8, 4) is 21.8 Å². The molecule has 0 radical (unpaired) electrons. The number of benzene rings is 2. The molecule has 0 bridgehead atoms. The SMILES string of the molecule is CC.CC.CC.O=C(NCCCc1ncc[nH]1)c1ccc2nc(-c3ccc(F)cc3)c(-c3ccc(Cl)s3)nc2c1. The summed E-state index contributed by atoms with van der Waals surface area (Å²) < 4.78 is 14.1. The van der Waals surface area contributed by atoms with Crippen molar-refractivity contribution in [2.45, 2.75) is 54.4 Å². The van der Waals surface area contributed by atoms with Gasteiger partial charge in [-0.15, -0.1) is 11.3 Å². The lowest BCUT2D eigenvalue weighted by atomic mass is 10.1. The molecule has 0 saturated heterocycles. The Hall–Kier alpha value is -3.62. The molecule has 0 unspecified atom stereocenters. The van der Waals surface area contributed by atoms with Gasteiger partial charge in [0.1, 0.15) is 17.3 Å². The normalized spacial score (nSPS) is 9.90. The number of nitrogens with zero attached hydrogens (tertiary/aromatic N) is 3. The lowest BCUT2D eigenvalue weighted by Crippen LogP contribution is -2.24. The fourth-order valence-electron chi connectivity index (χ4n) is 3.61. The zero-order valence-corrected chi connectivity index (χ0v) is 25.5. The van der Waals surface area contributed by atoms with Crippen molar-refractivity contribution in [1.82, 2.24) is 25.3 Å². The quantitative estimate of drug-likeness (QED) is 0.188. The van der Waals surface area contributed by atoms with Crippen molar-refractivity contribution in [2.24, 2.45) is 0 Å². The van der Waals surface area contributed by atoms with Crippen molar-refractivity contribution in [1.29, 1.82) is 0 Å². The van der Waals surface area contributed by atoms with Gasteiger partial charge in [-0.1, -0.05) is 53.1 Å². The summed E-state index contributed by atoms with van der Waals surface area (Å²) in [5.41, 5.74) is 3.74. The van der Waals surface area contributed by atoms with Gasteiger partial charge in [0.2, 0.25) is 0 Å². The Morgan fingerprint density at radius 3 is 2.25 bits per heavy atom. The molecule has 2 aromatic carbocycles. The second kappa shape index (κ2) is 17.2. The number of fused-ring (bicyclic) bond motifs is 1. The average Bonchev–Trinajstić information content (AvgIpc) is 3.70. The lowest BCUT2D eigenvalue weighted by molar-refractivity contribution is 0.0953. The molecule has 40 heavy (non-hydrogen) atoms. The summed E-state index contributed by atoms with van der Waals surface area (Å²) in [5, 5.41) is 2.94. The third-order valence-electron chi connectivity index (χ3n) is 5.28. The van der Waals surface area contributed by atoms with E-state index in [1.54, 1.807) is 48.8 Å². The third-order valence-corrected chi connectivity index (χ3v) is 6.52. The Kier molecular flexibility index (Phi) is 14.0. The number of aromatic nitrogens is 4. The summed E-state index contributed by atoms with van der Waals surface area (Å²) in [6, 6.07) is 15.1. The van der Waals surface area contributed by atoms with Gasteiger partial charge in [0, 0.05) is 36.5 Å². The summed E-state index contributed by atoms with van der Waals surface area (Å²) >= 11 is 7.56.